The lowest BCUT2D eigenvalue weighted by atomic mass is 10.2. The summed E-state index contributed by atoms with van der Waals surface area (Å²) >= 11 is 5.84. The van der Waals surface area contributed by atoms with Gasteiger partial charge >= 0.3 is 5.97 Å². The van der Waals surface area contributed by atoms with Crippen LogP contribution in [0.5, 0.6) is 0 Å². The molecule has 1 N–H and O–H groups in total. The van der Waals surface area contributed by atoms with Crippen molar-refractivity contribution in [1.29, 1.82) is 0 Å². The maximum absolute atomic E-state index is 11.0. The molecule has 0 aliphatic heterocycles. The van der Waals surface area contributed by atoms with E-state index < -0.39 is 5.97 Å². The highest BCUT2D eigenvalue weighted by atomic mass is 35.5. The molecule has 5 nitrogen and oxygen atoms in total. The summed E-state index contributed by atoms with van der Waals surface area (Å²) in [5.74, 6) is -0.0830. The predicted molar refractivity (Wildman–Crippen MR) is 73.3 cm³/mol. The molecule has 1 heterocycles. The fourth-order valence-corrected chi connectivity index (χ4v) is 1.90. The number of imidazole rings is 1. The molecular formula is C13H14ClN3O2. The van der Waals surface area contributed by atoms with Crippen LogP contribution >= 0.6 is 11.6 Å². The number of aliphatic carboxylic acids is 1. The zero-order valence-electron chi connectivity index (χ0n) is 10.5. The smallest absolute Gasteiger partial charge is 0.323 e. The number of carbonyl (C=O) groups is 1. The van der Waals surface area contributed by atoms with E-state index in [-0.39, 0.29) is 6.54 Å². The molecule has 0 radical (unpaired) electrons. The molecule has 2 rings (SSSR count). The van der Waals surface area contributed by atoms with Crippen molar-refractivity contribution in [3.8, 4) is 0 Å². The molecule has 0 atom stereocenters. The fraction of sp³-hybridized carbons (Fsp3) is 0.231. The minimum absolute atomic E-state index is 0.0888. The number of rotatable bonds is 5. The van der Waals surface area contributed by atoms with Crippen LogP contribution in [0.3, 0.4) is 0 Å². The second-order valence-corrected chi connectivity index (χ2v) is 4.62. The van der Waals surface area contributed by atoms with Gasteiger partial charge in [0.15, 0.2) is 0 Å². The number of aromatic nitrogens is 2. The van der Waals surface area contributed by atoms with E-state index in [9.17, 15) is 4.79 Å². The summed E-state index contributed by atoms with van der Waals surface area (Å²) in [4.78, 5) is 16.9. The molecule has 0 unspecified atom stereocenters. The number of carboxylic acids is 1. The van der Waals surface area contributed by atoms with Crippen LogP contribution in [0.15, 0.2) is 36.7 Å². The van der Waals surface area contributed by atoms with Crippen LogP contribution < -0.4 is 4.90 Å². The topological polar surface area (TPSA) is 58.4 Å². The summed E-state index contributed by atoms with van der Waals surface area (Å²) < 4.78 is 1.87. The van der Waals surface area contributed by atoms with Crippen molar-refractivity contribution in [3.05, 3.63) is 47.5 Å². The van der Waals surface area contributed by atoms with Gasteiger partial charge in [-0.3, -0.25) is 4.79 Å². The number of hydrogen-bond donors (Lipinski definition) is 1. The van der Waals surface area contributed by atoms with Gasteiger partial charge in [0.05, 0.1) is 6.54 Å². The van der Waals surface area contributed by atoms with E-state index in [1.807, 2.05) is 17.8 Å². The normalized spacial score (nSPS) is 10.4. The van der Waals surface area contributed by atoms with E-state index >= 15 is 0 Å². The Bertz CT molecular complexity index is 566. The maximum atomic E-state index is 11.0. The van der Waals surface area contributed by atoms with Gasteiger partial charge in [0, 0.05) is 30.2 Å². The highest BCUT2D eigenvalue weighted by molar-refractivity contribution is 6.30. The van der Waals surface area contributed by atoms with E-state index in [0.29, 0.717) is 11.6 Å². The Morgan fingerprint density at radius 1 is 1.42 bits per heavy atom. The van der Waals surface area contributed by atoms with Crippen molar-refractivity contribution in [3.63, 3.8) is 0 Å². The number of benzene rings is 1. The van der Waals surface area contributed by atoms with Gasteiger partial charge in [-0.05, 0) is 24.3 Å². The molecule has 2 aromatic rings. The van der Waals surface area contributed by atoms with E-state index in [1.165, 1.54) is 0 Å². The number of halogens is 1. The zero-order chi connectivity index (χ0) is 13.8. The highest BCUT2D eigenvalue weighted by Crippen LogP contribution is 2.19. The van der Waals surface area contributed by atoms with Crippen LogP contribution in [0.25, 0.3) is 0 Å². The molecule has 0 bridgehead atoms. The summed E-state index contributed by atoms with van der Waals surface area (Å²) in [6.45, 7) is 0.339. The first-order chi connectivity index (χ1) is 9.06. The molecular weight excluding hydrogens is 266 g/mol. The Balaban J connectivity index is 2.23. The Hall–Kier alpha value is -2.01. The van der Waals surface area contributed by atoms with Crippen molar-refractivity contribution in [2.24, 2.45) is 7.05 Å². The molecule has 100 valence electrons. The molecule has 0 aliphatic carbocycles. The minimum atomic E-state index is -0.885. The van der Waals surface area contributed by atoms with E-state index in [1.54, 1.807) is 35.4 Å². The number of anilines is 1. The van der Waals surface area contributed by atoms with Crippen LogP contribution in [0.4, 0.5) is 5.69 Å². The summed E-state index contributed by atoms with van der Waals surface area (Å²) in [7, 11) is 1.88. The monoisotopic (exact) mass is 279 g/mol. The summed E-state index contributed by atoms with van der Waals surface area (Å²) in [6, 6.07) is 7.08. The van der Waals surface area contributed by atoms with Crippen molar-refractivity contribution in [2.75, 3.05) is 11.4 Å². The van der Waals surface area contributed by atoms with Gasteiger partial charge < -0.3 is 14.6 Å². The summed E-state index contributed by atoms with van der Waals surface area (Å²) in [5.41, 5.74) is 0.801. The van der Waals surface area contributed by atoms with Crippen molar-refractivity contribution in [1.82, 2.24) is 9.55 Å². The number of aryl methyl sites for hydroxylation is 1. The van der Waals surface area contributed by atoms with Gasteiger partial charge in [-0.15, -0.1) is 0 Å². The maximum Gasteiger partial charge on any atom is 0.323 e. The second kappa shape index (κ2) is 5.75. The predicted octanol–water partition coefficient (Wildman–Crippen LogP) is 2.16. The van der Waals surface area contributed by atoms with Crippen LogP contribution in [0.1, 0.15) is 5.82 Å². The molecule has 1 aromatic carbocycles. The van der Waals surface area contributed by atoms with Crippen molar-refractivity contribution >= 4 is 23.3 Å². The van der Waals surface area contributed by atoms with E-state index in [4.69, 9.17) is 16.7 Å². The van der Waals surface area contributed by atoms with Crippen LogP contribution in [0, 0.1) is 0 Å². The Morgan fingerprint density at radius 3 is 2.63 bits per heavy atom. The molecule has 0 aliphatic rings. The minimum Gasteiger partial charge on any atom is -0.480 e. The first-order valence-electron chi connectivity index (χ1n) is 5.75. The van der Waals surface area contributed by atoms with Gasteiger partial charge in [-0.1, -0.05) is 11.6 Å². The SMILES string of the molecule is Cn1ccnc1CN(CC(=O)O)c1ccc(Cl)cc1. The van der Waals surface area contributed by atoms with Crippen LogP contribution in [-0.2, 0) is 18.4 Å². The zero-order valence-corrected chi connectivity index (χ0v) is 11.2. The molecule has 1 aromatic heterocycles. The Morgan fingerprint density at radius 2 is 2.11 bits per heavy atom. The lowest BCUT2D eigenvalue weighted by molar-refractivity contribution is -0.135. The first kappa shape index (κ1) is 13.4. The van der Waals surface area contributed by atoms with Crippen molar-refractivity contribution in [2.45, 2.75) is 6.54 Å². The first-order valence-corrected chi connectivity index (χ1v) is 6.12. The third kappa shape index (κ3) is 3.48. The van der Waals surface area contributed by atoms with Gasteiger partial charge in [-0.2, -0.15) is 0 Å². The third-order valence-electron chi connectivity index (χ3n) is 2.77. The van der Waals surface area contributed by atoms with Gasteiger partial charge in [-0.25, -0.2) is 4.98 Å². The standard InChI is InChI=1S/C13H14ClN3O2/c1-16-7-6-15-12(16)8-17(9-13(18)19)11-4-2-10(14)3-5-11/h2-7H,8-9H2,1H3,(H,18,19). The summed E-state index contributed by atoms with van der Waals surface area (Å²) in [5, 5.41) is 9.62. The largest absolute Gasteiger partial charge is 0.480 e. The van der Waals surface area contributed by atoms with Crippen LogP contribution in [0.2, 0.25) is 5.02 Å². The Labute approximate surface area is 116 Å². The number of hydrogen-bond acceptors (Lipinski definition) is 3. The van der Waals surface area contributed by atoms with Gasteiger partial charge in [0.2, 0.25) is 0 Å². The lowest BCUT2D eigenvalue weighted by Crippen LogP contribution is -2.30. The number of nitrogens with zero attached hydrogens (tertiary/aromatic N) is 3. The number of carboxylic acid groups (broad SMARTS) is 1. The highest BCUT2D eigenvalue weighted by Gasteiger charge is 2.13. The average Bonchev–Trinajstić information content (AvgIpc) is 2.75. The third-order valence-corrected chi connectivity index (χ3v) is 3.02. The molecule has 19 heavy (non-hydrogen) atoms. The second-order valence-electron chi connectivity index (χ2n) is 4.18. The van der Waals surface area contributed by atoms with Gasteiger partial charge in [0.1, 0.15) is 12.4 Å². The van der Waals surface area contributed by atoms with Gasteiger partial charge in [0.25, 0.3) is 0 Å². The average molecular weight is 280 g/mol. The molecule has 0 amide bonds. The molecule has 0 fully saturated rings. The fourth-order valence-electron chi connectivity index (χ4n) is 1.77. The quantitative estimate of drug-likeness (QED) is 0.911. The van der Waals surface area contributed by atoms with E-state index in [2.05, 4.69) is 4.98 Å². The molecule has 0 saturated heterocycles. The van der Waals surface area contributed by atoms with Crippen LogP contribution in [-0.4, -0.2) is 27.2 Å². The molecule has 0 saturated carbocycles. The lowest BCUT2D eigenvalue weighted by Gasteiger charge is -2.22. The molecule has 6 heteroatoms. The van der Waals surface area contributed by atoms with E-state index in [0.717, 1.165) is 11.5 Å². The van der Waals surface area contributed by atoms with Crippen molar-refractivity contribution < 1.29 is 9.90 Å². The molecule has 0 spiro atoms. The Kier molecular flexibility index (Phi) is 4.06. The summed E-state index contributed by atoms with van der Waals surface area (Å²) in [6.07, 6.45) is 3.52.